The van der Waals surface area contributed by atoms with Crippen LogP contribution in [0.3, 0.4) is 0 Å². The summed E-state index contributed by atoms with van der Waals surface area (Å²) in [5, 5.41) is 2.57. The van der Waals surface area contributed by atoms with Gasteiger partial charge in [-0.05, 0) is 11.6 Å². The van der Waals surface area contributed by atoms with Crippen molar-refractivity contribution in [1.82, 2.24) is 5.32 Å². The summed E-state index contributed by atoms with van der Waals surface area (Å²) in [5.74, 6) is -0.118. The third-order valence-electron chi connectivity index (χ3n) is 1.98. The number of benzene rings is 1. The summed E-state index contributed by atoms with van der Waals surface area (Å²) in [6.07, 6.45) is 5.57. The molecule has 4 heteroatoms. The van der Waals surface area contributed by atoms with Gasteiger partial charge in [0.05, 0.1) is 4.91 Å². The molecule has 0 aliphatic carbocycles. The number of thiocarbonyl (C=S) groups is 1. The first-order chi connectivity index (χ1) is 7.75. The first-order valence-electron chi connectivity index (χ1n) is 4.72. The minimum Gasteiger partial charge on any atom is -0.307 e. The molecule has 0 atom stereocenters. The van der Waals surface area contributed by atoms with Crippen LogP contribution >= 0.6 is 24.0 Å². The highest BCUT2D eigenvalue weighted by atomic mass is 32.2. The molecule has 1 aromatic rings. The van der Waals surface area contributed by atoms with Crippen molar-refractivity contribution in [2.24, 2.45) is 0 Å². The molecule has 1 aromatic carbocycles. The van der Waals surface area contributed by atoms with Crippen molar-refractivity contribution in [3.63, 3.8) is 0 Å². The van der Waals surface area contributed by atoms with Gasteiger partial charge in [0, 0.05) is 0 Å². The Hall–Kier alpha value is -1.39. The van der Waals surface area contributed by atoms with Crippen LogP contribution in [0.15, 0.2) is 47.4 Å². The molecule has 0 unspecified atom stereocenters. The van der Waals surface area contributed by atoms with Gasteiger partial charge >= 0.3 is 0 Å². The Balaban J connectivity index is 2.07. The lowest BCUT2D eigenvalue weighted by atomic mass is 10.2. The van der Waals surface area contributed by atoms with Gasteiger partial charge in [0.1, 0.15) is 4.32 Å². The molecule has 1 aliphatic heterocycles. The van der Waals surface area contributed by atoms with E-state index in [9.17, 15) is 4.79 Å². The predicted molar refractivity (Wildman–Crippen MR) is 71.9 cm³/mol. The molecular formula is C12H9NOS2. The molecule has 0 bridgehead atoms. The van der Waals surface area contributed by atoms with Gasteiger partial charge in [-0.3, -0.25) is 4.79 Å². The maximum Gasteiger partial charge on any atom is 0.263 e. The number of thioether (sulfide) groups is 1. The second-order valence-corrected chi connectivity index (χ2v) is 4.86. The zero-order valence-corrected chi connectivity index (χ0v) is 9.98. The second kappa shape index (κ2) is 5.09. The molecule has 1 fully saturated rings. The highest BCUT2D eigenvalue weighted by molar-refractivity contribution is 8.26. The molecule has 1 N–H and O–H groups in total. The smallest absolute Gasteiger partial charge is 0.263 e. The average molecular weight is 247 g/mol. The van der Waals surface area contributed by atoms with Gasteiger partial charge in [-0.2, -0.15) is 0 Å². The SMILES string of the molecule is O=C1NC(=S)S/C1=C\C=C\c1ccccc1. The molecule has 16 heavy (non-hydrogen) atoms. The van der Waals surface area contributed by atoms with Crippen LogP contribution in [0, 0.1) is 0 Å². The lowest BCUT2D eigenvalue weighted by Gasteiger charge is -1.89. The summed E-state index contributed by atoms with van der Waals surface area (Å²) in [7, 11) is 0. The van der Waals surface area contributed by atoms with Crippen LogP contribution in [0.25, 0.3) is 6.08 Å². The summed E-state index contributed by atoms with van der Waals surface area (Å²) in [6, 6.07) is 9.91. The largest absolute Gasteiger partial charge is 0.307 e. The third kappa shape index (κ3) is 2.81. The third-order valence-corrected chi connectivity index (χ3v) is 3.16. The molecule has 1 saturated heterocycles. The van der Waals surface area contributed by atoms with E-state index < -0.39 is 0 Å². The van der Waals surface area contributed by atoms with Crippen molar-refractivity contribution in [2.45, 2.75) is 0 Å². The number of amides is 1. The molecule has 0 radical (unpaired) electrons. The molecular weight excluding hydrogens is 238 g/mol. The van der Waals surface area contributed by atoms with Crippen molar-refractivity contribution < 1.29 is 4.79 Å². The fourth-order valence-corrected chi connectivity index (χ4v) is 2.24. The summed E-state index contributed by atoms with van der Waals surface area (Å²) >= 11 is 6.17. The molecule has 0 saturated carbocycles. The molecule has 1 heterocycles. The predicted octanol–water partition coefficient (Wildman–Crippen LogP) is 2.73. The van der Waals surface area contributed by atoms with Crippen molar-refractivity contribution >= 4 is 40.3 Å². The Morgan fingerprint density at radius 3 is 2.62 bits per heavy atom. The number of carbonyl (C=O) groups excluding carboxylic acids is 1. The Kier molecular flexibility index (Phi) is 3.54. The van der Waals surface area contributed by atoms with Gasteiger partial charge in [-0.15, -0.1) is 0 Å². The monoisotopic (exact) mass is 247 g/mol. The zero-order chi connectivity index (χ0) is 11.4. The van der Waals surface area contributed by atoms with Crippen LogP contribution in [0.2, 0.25) is 0 Å². The summed E-state index contributed by atoms with van der Waals surface area (Å²) in [6.45, 7) is 0. The highest BCUT2D eigenvalue weighted by Crippen LogP contribution is 2.23. The lowest BCUT2D eigenvalue weighted by molar-refractivity contribution is -0.115. The van der Waals surface area contributed by atoms with E-state index in [0.29, 0.717) is 9.23 Å². The van der Waals surface area contributed by atoms with Gasteiger partial charge < -0.3 is 5.32 Å². The molecule has 2 nitrogen and oxygen atoms in total. The van der Waals surface area contributed by atoms with Crippen LogP contribution < -0.4 is 5.32 Å². The van der Waals surface area contributed by atoms with E-state index in [4.69, 9.17) is 12.2 Å². The van der Waals surface area contributed by atoms with E-state index in [1.54, 1.807) is 6.08 Å². The minimum absolute atomic E-state index is 0.118. The zero-order valence-electron chi connectivity index (χ0n) is 8.34. The number of hydrogen-bond donors (Lipinski definition) is 1. The van der Waals surface area contributed by atoms with Crippen molar-refractivity contribution in [1.29, 1.82) is 0 Å². The van der Waals surface area contributed by atoms with Crippen LogP contribution in [-0.4, -0.2) is 10.2 Å². The molecule has 0 spiro atoms. The van der Waals surface area contributed by atoms with Gasteiger partial charge in [-0.1, -0.05) is 66.5 Å². The van der Waals surface area contributed by atoms with E-state index in [2.05, 4.69) is 5.32 Å². The van der Waals surface area contributed by atoms with Crippen LogP contribution in [0.1, 0.15) is 5.56 Å². The first kappa shape index (κ1) is 11.1. The summed E-state index contributed by atoms with van der Waals surface area (Å²) < 4.78 is 0.518. The highest BCUT2D eigenvalue weighted by Gasteiger charge is 2.20. The Labute approximate surface area is 103 Å². The maximum absolute atomic E-state index is 11.3. The topological polar surface area (TPSA) is 29.1 Å². The molecule has 1 aliphatic rings. The van der Waals surface area contributed by atoms with Crippen LogP contribution in [-0.2, 0) is 4.79 Å². The van der Waals surface area contributed by atoms with E-state index in [-0.39, 0.29) is 5.91 Å². The van der Waals surface area contributed by atoms with Crippen molar-refractivity contribution in [2.75, 3.05) is 0 Å². The van der Waals surface area contributed by atoms with E-state index in [0.717, 1.165) is 5.56 Å². The molecule has 0 aromatic heterocycles. The molecule has 2 rings (SSSR count). The molecule has 80 valence electrons. The van der Waals surface area contributed by atoms with Gasteiger partial charge in [0.15, 0.2) is 0 Å². The fourth-order valence-electron chi connectivity index (χ4n) is 1.25. The van der Waals surface area contributed by atoms with Gasteiger partial charge in [-0.25, -0.2) is 0 Å². The van der Waals surface area contributed by atoms with Crippen molar-refractivity contribution in [3.05, 3.63) is 53.0 Å². The van der Waals surface area contributed by atoms with E-state index >= 15 is 0 Å². The molecule has 1 amide bonds. The summed E-state index contributed by atoms with van der Waals surface area (Å²) in [5.41, 5.74) is 1.10. The normalized spacial score (nSPS) is 18.4. The average Bonchev–Trinajstić information content (AvgIpc) is 2.59. The Morgan fingerprint density at radius 2 is 2.00 bits per heavy atom. The van der Waals surface area contributed by atoms with Crippen LogP contribution in [0.4, 0.5) is 0 Å². The van der Waals surface area contributed by atoms with Crippen LogP contribution in [0.5, 0.6) is 0 Å². The van der Waals surface area contributed by atoms with Crippen molar-refractivity contribution in [3.8, 4) is 0 Å². The quantitative estimate of drug-likeness (QED) is 0.643. The standard InChI is InChI=1S/C12H9NOS2/c14-11-10(16-12(15)13-11)8-4-7-9-5-2-1-3-6-9/h1-8H,(H,13,14,15)/b7-4+,10-8-. The number of rotatable bonds is 2. The van der Waals surface area contributed by atoms with Gasteiger partial charge in [0.25, 0.3) is 5.91 Å². The summed E-state index contributed by atoms with van der Waals surface area (Å²) in [4.78, 5) is 11.9. The van der Waals surface area contributed by atoms with E-state index in [1.165, 1.54) is 11.8 Å². The maximum atomic E-state index is 11.3. The number of carbonyl (C=O) groups is 1. The Bertz CT molecular complexity index is 477. The minimum atomic E-state index is -0.118. The Morgan fingerprint density at radius 1 is 1.25 bits per heavy atom. The fraction of sp³-hybridized carbons (Fsp3) is 0. The van der Waals surface area contributed by atoms with Gasteiger partial charge in [0.2, 0.25) is 0 Å². The number of allylic oxidation sites excluding steroid dienone is 2. The number of nitrogens with one attached hydrogen (secondary N) is 1. The lowest BCUT2D eigenvalue weighted by Crippen LogP contribution is -2.17. The second-order valence-electron chi connectivity index (χ2n) is 3.14. The number of hydrogen-bond acceptors (Lipinski definition) is 3. The first-order valence-corrected chi connectivity index (χ1v) is 5.95. The van der Waals surface area contributed by atoms with E-state index in [1.807, 2.05) is 42.5 Å².